The van der Waals surface area contributed by atoms with Gasteiger partial charge in [0.15, 0.2) is 0 Å². The molecule has 1 fully saturated rings. The highest BCUT2D eigenvalue weighted by Gasteiger charge is 2.21. The highest BCUT2D eigenvalue weighted by molar-refractivity contribution is 7.71. The molecule has 7 nitrogen and oxygen atoms in total. The van der Waals surface area contributed by atoms with Gasteiger partial charge in [-0.15, -0.1) is 5.10 Å². The number of benzene rings is 2. The predicted octanol–water partition coefficient (Wildman–Crippen LogP) is 3.86. The van der Waals surface area contributed by atoms with Gasteiger partial charge in [0.05, 0.1) is 23.4 Å². The Morgan fingerprint density at radius 1 is 1.06 bits per heavy atom. The molecule has 1 saturated heterocycles. The summed E-state index contributed by atoms with van der Waals surface area (Å²) in [7, 11) is 0. The number of carbonyl (C=O) groups excluding carboxylic acids is 1. The minimum atomic E-state index is 0.0442. The molecule has 0 saturated carbocycles. The van der Waals surface area contributed by atoms with E-state index in [4.69, 9.17) is 17.3 Å². The van der Waals surface area contributed by atoms with Gasteiger partial charge >= 0.3 is 0 Å². The summed E-state index contributed by atoms with van der Waals surface area (Å²) in [6.45, 7) is 6.65. The van der Waals surface area contributed by atoms with Gasteiger partial charge in [-0.3, -0.25) is 19.0 Å². The molecule has 9 heteroatoms. The van der Waals surface area contributed by atoms with Crippen molar-refractivity contribution in [2.75, 3.05) is 38.0 Å². The van der Waals surface area contributed by atoms with E-state index >= 15 is 0 Å². The van der Waals surface area contributed by atoms with Crippen LogP contribution >= 0.6 is 23.6 Å². The second-order valence-electron chi connectivity index (χ2n) is 8.06. The van der Waals surface area contributed by atoms with Crippen LogP contribution in [-0.4, -0.2) is 62.6 Å². The first-order valence-electron chi connectivity index (χ1n) is 10.9. The summed E-state index contributed by atoms with van der Waals surface area (Å²) >= 11 is 7.38. The van der Waals surface area contributed by atoms with Crippen LogP contribution in [0.25, 0.3) is 15.2 Å². The molecule has 0 aliphatic carbocycles. The third-order valence-electron chi connectivity index (χ3n) is 5.96. The van der Waals surface area contributed by atoms with E-state index in [0.717, 1.165) is 59.1 Å². The van der Waals surface area contributed by atoms with Crippen molar-refractivity contribution < 1.29 is 4.79 Å². The lowest BCUT2D eigenvalue weighted by atomic mass is 10.1. The van der Waals surface area contributed by atoms with Gasteiger partial charge in [-0.2, -0.15) is 0 Å². The summed E-state index contributed by atoms with van der Waals surface area (Å²) in [5.74, 6) is 0.0442. The maximum Gasteiger partial charge on any atom is 0.238 e. The van der Waals surface area contributed by atoms with Crippen molar-refractivity contribution in [1.82, 2.24) is 24.0 Å². The summed E-state index contributed by atoms with van der Waals surface area (Å²) in [6.07, 6.45) is 0.902. The van der Waals surface area contributed by atoms with Gasteiger partial charge in [-0.25, -0.2) is 4.68 Å². The third-order valence-corrected chi connectivity index (χ3v) is 7.36. The first kappa shape index (κ1) is 21.3. The molecule has 2 aromatic carbocycles. The van der Waals surface area contributed by atoms with Crippen LogP contribution in [0.5, 0.6) is 0 Å². The highest BCUT2D eigenvalue weighted by atomic mass is 32.1. The number of para-hydroxylation sites is 2. The van der Waals surface area contributed by atoms with Crippen molar-refractivity contribution in [3.05, 3.63) is 58.9 Å². The van der Waals surface area contributed by atoms with Crippen molar-refractivity contribution in [1.29, 1.82) is 0 Å². The van der Waals surface area contributed by atoms with Gasteiger partial charge in [0, 0.05) is 31.9 Å². The molecule has 4 aromatic rings. The number of anilines is 1. The molecule has 1 aliphatic heterocycles. The van der Waals surface area contributed by atoms with Crippen LogP contribution in [0, 0.1) is 4.77 Å². The fraction of sp³-hybridized carbons (Fsp3) is 0.348. The Bertz CT molecular complexity index is 1320. The lowest BCUT2D eigenvalue weighted by Gasteiger charge is -2.34. The van der Waals surface area contributed by atoms with Gasteiger partial charge in [-0.05, 0) is 42.4 Å². The standard InChI is InChI=1S/C23H26N6OS2/c1-2-17-7-3-4-8-18(17)24-21(30)15-26-11-13-27(14-12-26)16-28-23(31)29-19-9-5-6-10-20(19)32-22(29)25-28/h3-10H,2,11-16H2,1H3,(H,24,30). The van der Waals surface area contributed by atoms with Crippen LogP contribution in [0.4, 0.5) is 5.69 Å². The number of fused-ring (bicyclic) bond motifs is 3. The number of carbonyl (C=O) groups is 1. The van der Waals surface area contributed by atoms with Crippen molar-refractivity contribution in [3.8, 4) is 0 Å². The molecule has 0 atom stereocenters. The highest BCUT2D eigenvalue weighted by Crippen LogP contribution is 2.25. The van der Waals surface area contributed by atoms with E-state index in [-0.39, 0.29) is 5.91 Å². The molecule has 5 rings (SSSR count). The summed E-state index contributed by atoms with van der Waals surface area (Å²) in [5.41, 5.74) is 3.19. The van der Waals surface area contributed by atoms with E-state index in [1.165, 1.54) is 4.70 Å². The van der Waals surface area contributed by atoms with Crippen molar-refractivity contribution in [2.45, 2.75) is 20.0 Å². The van der Waals surface area contributed by atoms with Crippen LogP contribution in [0.1, 0.15) is 12.5 Å². The lowest BCUT2D eigenvalue weighted by molar-refractivity contribution is -0.117. The molecule has 0 radical (unpaired) electrons. The SMILES string of the molecule is CCc1ccccc1NC(=O)CN1CCN(Cn2nc3sc4ccccc4n3c2=S)CC1. The van der Waals surface area contributed by atoms with Crippen LogP contribution in [-0.2, 0) is 17.9 Å². The predicted molar refractivity (Wildman–Crippen MR) is 132 cm³/mol. The van der Waals surface area contributed by atoms with Gasteiger partial charge in [0.25, 0.3) is 0 Å². The molecule has 32 heavy (non-hydrogen) atoms. The number of aromatic nitrogens is 3. The first-order valence-corrected chi connectivity index (χ1v) is 12.1. The molecule has 0 bridgehead atoms. The minimum Gasteiger partial charge on any atom is -0.325 e. The van der Waals surface area contributed by atoms with E-state index in [1.807, 2.05) is 35.0 Å². The van der Waals surface area contributed by atoms with E-state index in [2.05, 4.69) is 44.6 Å². The average Bonchev–Trinajstić information content (AvgIpc) is 3.31. The van der Waals surface area contributed by atoms with Crippen LogP contribution in [0.15, 0.2) is 48.5 Å². The zero-order chi connectivity index (χ0) is 22.1. The zero-order valence-corrected chi connectivity index (χ0v) is 19.7. The minimum absolute atomic E-state index is 0.0442. The largest absolute Gasteiger partial charge is 0.325 e. The lowest BCUT2D eigenvalue weighted by Crippen LogP contribution is -2.49. The Balaban J connectivity index is 1.18. The fourth-order valence-electron chi connectivity index (χ4n) is 4.20. The third kappa shape index (κ3) is 4.21. The van der Waals surface area contributed by atoms with Gasteiger partial charge < -0.3 is 5.32 Å². The van der Waals surface area contributed by atoms with Crippen molar-refractivity contribution in [2.24, 2.45) is 0 Å². The second kappa shape index (κ2) is 9.11. The number of rotatable bonds is 6. The number of hydrogen-bond acceptors (Lipinski definition) is 6. The number of hydrogen-bond donors (Lipinski definition) is 1. The Morgan fingerprint density at radius 2 is 1.78 bits per heavy atom. The van der Waals surface area contributed by atoms with E-state index in [1.54, 1.807) is 11.3 Å². The zero-order valence-electron chi connectivity index (χ0n) is 18.0. The maximum atomic E-state index is 12.5. The molecule has 2 aromatic heterocycles. The topological polar surface area (TPSA) is 57.8 Å². The van der Waals surface area contributed by atoms with Gasteiger partial charge in [0.1, 0.15) is 0 Å². The Kier molecular flexibility index (Phi) is 6.05. The Labute approximate surface area is 195 Å². The van der Waals surface area contributed by atoms with E-state index in [0.29, 0.717) is 13.2 Å². The molecular weight excluding hydrogens is 440 g/mol. The van der Waals surface area contributed by atoms with Gasteiger partial charge in [-0.1, -0.05) is 48.6 Å². The summed E-state index contributed by atoms with van der Waals surface area (Å²) < 4.78 is 5.90. The van der Waals surface area contributed by atoms with Crippen molar-refractivity contribution in [3.63, 3.8) is 0 Å². The number of amides is 1. The number of nitrogens with one attached hydrogen (secondary N) is 1. The number of aryl methyl sites for hydroxylation is 1. The number of piperazine rings is 1. The maximum absolute atomic E-state index is 12.5. The van der Waals surface area contributed by atoms with Gasteiger partial charge in [0.2, 0.25) is 15.6 Å². The molecular formula is C23H26N6OS2. The number of nitrogens with zero attached hydrogens (tertiary/aromatic N) is 5. The normalized spacial score (nSPS) is 15.5. The average molecular weight is 467 g/mol. The quantitative estimate of drug-likeness (QED) is 0.438. The van der Waals surface area contributed by atoms with Crippen LogP contribution < -0.4 is 5.32 Å². The van der Waals surface area contributed by atoms with E-state index in [9.17, 15) is 4.79 Å². The smallest absolute Gasteiger partial charge is 0.238 e. The molecule has 1 N–H and O–H groups in total. The van der Waals surface area contributed by atoms with Crippen LogP contribution in [0.3, 0.4) is 0 Å². The Morgan fingerprint density at radius 3 is 2.59 bits per heavy atom. The summed E-state index contributed by atoms with van der Waals surface area (Å²) in [4.78, 5) is 18.0. The Hall–Kier alpha value is -2.59. The molecule has 0 unspecified atom stereocenters. The molecule has 3 heterocycles. The van der Waals surface area contributed by atoms with Crippen LogP contribution in [0.2, 0.25) is 0 Å². The first-order chi connectivity index (χ1) is 15.6. The van der Waals surface area contributed by atoms with E-state index < -0.39 is 0 Å². The molecule has 0 spiro atoms. The number of thiazole rings is 1. The molecule has 166 valence electrons. The molecule has 1 aliphatic rings. The summed E-state index contributed by atoms with van der Waals surface area (Å²) in [6, 6.07) is 16.3. The second-order valence-corrected chi connectivity index (χ2v) is 9.44. The monoisotopic (exact) mass is 466 g/mol. The van der Waals surface area contributed by atoms with Crippen molar-refractivity contribution >= 4 is 50.3 Å². The summed E-state index contributed by atoms with van der Waals surface area (Å²) in [5, 5.41) is 7.82. The molecule has 1 amide bonds. The fourth-order valence-corrected chi connectivity index (χ4v) is 5.56.